The monoisotopic (exact) mass is 432 g/mol. The Labute approximate surface area is 175 Å². The zero-order valence-corrected chi connectivity index (χ0v) is 16.4. The normalized spacial score (nSPS) is 16.1. The summed E-state index contributed by atoms with van der Waals surface area (Å²) in [4.78, 5) is 14.4. The average molecular weight is 432 g/mol. The molecule has 0 spiro atoms. The number of ether oxygens (including phenoxy) is 2. The number of nitrogens with one attached hydrogen (secondary N) is 2. The second-order valence-electron chi connectivity index (χ2n) is 6.87. The van der Waals surface area contributed by atoms with Crippen LogP contribution in [-0.4, -0.2) is 42.4 Å². The molecule has 2 aromatic carbocycles. The lowest BCUT2D eigenvalue weighted by Gasteiger charge is -2.20. The molecule has 7 nitrogen and oxygen atoms in total. The maximum absolute atomic E-state index is 13.6. The van der Waals surface area contributed by atoms with E-state index in [4.69, 9.17) is 4.74 Å². The Hall–Kier alpha value is -3.69. The second kappa shape index (κ2) is 8.58. The molecule has 0 bridgehead atoms. The molecular weight excluding hydrogens is 413 g/mol. The molecule has 4 rings (SSSR count). The molecule has 162 valence electrons. The van der Waals surface area contributed by atoms with Gasteiger partial charge in [-0.15, -0.1) is 0 Å². The summed E-state index contributed by atoms with van der Waals surface area (Å²) < 4.78 is 49.2. The average Bonchev–Trinajstić information content (AvgIpc) is 3.40. The van der Waals surface area contributed by atoms with Crippen LogP contribution in [0.5, 0.6) is 11.5 Å². The van der Waals surface area contributed by atoms with Crippen LogP contribution in [0.2, 0.25) is 0 Å². The number of halogens is 3. The zero-order chi connectivity index (χ0) is 22.0. The van der Waals surface area contributed by atoms with Crippen molar-refractivity contribution in [2.45, 2.75) is 19.1 Å². The van der Waals surface area contributed by atoms with E-state index in [-0.39, 0.29) is 17.4 Å². The van der Waals surface area contributed by atoms with Crippen LogP contribution in [-0.2, 0) is 4.79 Å². The minimum absolute atomic E-state index is 0.0543. The number of aromatic amines is 1. The number of hydrogen-bond acceptors (Lipinski definition) is 5. The van der Waals surface area contributed by atoms with Gasteiger partial charge in [-0.05, 0) is 30.7 Å². The predicted octanol–water partition coefficient (Wildman–Crippen LogP) is 4.04. The first-order valence-electron chi connectivity index (χ1n) is 9.45. The Morgan fingerprint density at radius 1 is 1.23 bits per heavy atom. The number of anilines is 2. The molecule has 2 N–H and O–H groups in total. The van der Waals surface area contributed by atoms with E-state index in [1.165, 1.54) is 42.5 Å². The molecule has 0 saturated carbocycles. The van der Waals surface area contributed by atoms with Crippen LogP contribution in [0, 0.1) is 5.82 Å². The highest BCUT2D eigenvalue weighted by atomic mass is 19.3. The third-order valence-corrected chi connectivity index (χ3v) is 5.00. The van der Waals surface area contributed by atoms with Crippen LogP contribution in [0.15, 0.2) is 48.8 Å². The number of nitrogens with zero attached hydrogens (tertiary/aromatic N) is 2. The van der Waals surface area contributed by atoms with Crippen LogP contribution >= 0.6 is 0 Å². The van der Waals surface area contributed by atoms with Crippen LogP contribution < -0.4 is 19.7 Å². The Kier molecular flexibility index (Phi) is 5.70. The summed E-state index contributed by atoms with van der Waals surface area (Å²) in [7, 11) is 1.36. The van der Waals surface area contributed by atoms with Gasteiger partial charge < -0.3 is 19.7 Å². The van der Waals surface area contributed by atoms with E-state index in [9.17, 15) is 18.0 Å². The van der Waals surface area contributed by atoms with E-state index >= 15 is 0 Å². The van der Waals surface area contributed by atoms with Gasteiger partial charge in [0.25, 0.3) is 0 Å². The SMILES string of the molecule is COc1cc(NC2CCN(c3ccc(-c4cn[nH]c4)c(OC(F)F)c3)C2=O)ccc1F. The molecule has 1 atom stereocenters. The number of carbonyl (C=O) groups excluding carboxylic acids is 1. The van der Waals surface area contributed by atoms with Gasteiger partial charge in [-0.1, -0.05) is 0 Å². The van der Waals surface area contributed by atoms with Gasteiger partial charge in [-0.25, -0.2) is 4.39 Å². The minimum atomic E-state index is -3.02. The lowest BCUT2D eigenvalue weighted by molar-refractivity contribution is -0.117. The molecule has 1 aromatic heterocycles. The van der Waals surface area contributed by atoms with Crippen LogP contribution in [0.4, 0.5) is 24.5 Å². The number of amides is 1. The van der Waals surface area contributed by atoms with Gasteiger partial charge in [0.2, 0.25) is 5.91 Å². The molecule has 1 aliphatic heterocycles. The number of hydrogen-bond donors (Lipinski definition) is 2. The number of carbonyl (C=O) groups is 1. The van der Waals surface area contributed by atoms with Gasteiger partial charge in [-0.3, -0.25) is 9.89 Å². The lowest BCUT2D eigenvalue weighted by atomic mass is 10.1. The number of benzene rings is 2. The Balaban J connectivity index is 1.55. The van der Waals surface area contributed by atoms with Crippen molar-refractivity contribution < 1.29 is 27.4 Å². The molecule has 1 aliphatic rings. The highest BCUT2D eigenvalue weighted by molar-refractivity contribution is 6.01. The third-order valence-electron chi connectivity index (χ3n) is 5.00. The number of alkyl halides is 2. The summed E-state index contributed by atoms with van der Waals surface area (Å²) in [6.07, 6.45) is 3.53. The smallest absolute Gasteiger partial charge is 0.387 e. The highest BCUT2D eigenvalue weighted by Gasteiger charge is 2.33. The van der Waals surface area contributed by atoms with Crippen molar-refractivity contribution in [3.63, 3.8) is 0 Å². The van der Waals surface area contributed by atoms with Gasteiger partial charge in [-0.2, -0.15) is 13.9 Å². The predicted molar refractivity (Wildman–Crippen MR) is 108 cm³/mol. The van der Waals surface area contributed by atoms with Gasteiger partial charge in [0.15, 0.2) is 11.6 Å². The van der Waals surface area contributed by atoms with Crippen molar-refractivity contribution in [1.29, 1.82) is 0 Å². The molecule has 0 radical (unpaired) electrons. The molecule has 1 unspecified atom stereocenters. The molecule has 3 aromatic rings. The highest BCUT2D eigenvalue weighted by Crippen LogP contribution is 2.36. The summed E-state index contributed by atoms with van der Waals surface area (Å²) in [5.41, 5.74) is 1.99. The first kappa shape index (κ1) is 20.6. The Morgan fingerprint density at radius 2 is 2.06 bits per heavy atom. The number of H-pyrrole nitrogens is 1. The van der Waals surface area contributed by atoms with Crippen LogP contribution in [0.25, 0.3) is 11.1 Å². The van der Waals surface area contributed by atoms with E-state index in [2.05, 4.69) is 20.3 Å². The van der Waals surface area contributed by atoms with Crippen molar-refractivity contribution in [1.82, 2.24) is 10.2 Å². The van der Waals surface area contributed by atoms with Crippen LogP contribution in [0.1, 0.15) is 6.42 Å². The quantitative estimate of drug-likeness (QED) is 0.589. The molecule has 2 heterocycles. The molecule has 1 fully saturated rings. The van der Waals surface area contributed by atoms with Crippen molar-refractivity contribution >= 4 is 17.3 Å². The van der Waals surface area contributed by atoms with Crippen molar-refractivity contribution in [3.05, 3.63) is 54.6 Å². The van der Waals surface area contributed by atoms with E-state index in [0.29, 0.717) is 35.5 Å². The Morgan fingerprint density at radius 3 is 2.77 bits per heavy atom. The third kappa shape index (κ3) is 4.27. The fourth-order valence-electron chi connectivity index (χ4n) is 3.53. The topological polar surface area (TPSA) is 79.5 Å². The number of methoxy groups -OCH3 is 1. The van der Waals surface area contributed by atoms with E-state index in [1.54, 1.807) is 18.3 Å². The molecule has 1 saturated heterocycles. The fraction of sp³-hybridized carbons (Fsp3) is 0.238. The van der Waals surface area contributed by atoms with Gasteiger partial charge in [0, 0.05) is 47.4 Å². The summed E-state index contributed by atoms with van der Waals surface area (Å²) in [5.74, 6) is -0.726. The molecule has 0 aliphatic carbocycles. The molecule has 10 heteroatoms. The molecular formula is C21H19F3N4O3. The number of aromatic nitrogens is 2. The number of rotatable bonds is 7. The van der Waals surface area contributed by atoms with Crippen molar-refractivity contribution in [2.75, 3.05) is 23.9 Å². The van der Waals surface area contributed by atoms with E-state index < -0.39 is 18.5 Å². The maximum atomic E-state index is 13.6. The molecule has 1 amide bonds. The second-order valence-corrected chi connectivity index (χ2v) is 6.87. The van der Waals surface area contributed by atoms with Crippen LogP contribution in [0.3, 0.4) is 0 Å². The standard InChI is InChI=1S/C21H19F3N4O3/c1-30-19-8-13(2-5-16(19)22)27-17-6-7-28(20(17)29)14-3-4-15(12-10-25-26-11-12)18(9-14)31-21(23)24/h2-5,8-11,17,21,27H,6-7H2,1H3,(H,25,26). The summed E-state index contributed by atoms with van der Waals surface area (Å²) in [6.45, 7) is -2.63. The summed E-state index contributed by atoms with van der Waals surface area (Å²) in [6, 6.07) is 8.37. The van der Waals surface area contributed by atoms with E-state index in [0.717, 1.165) is 0 Å². The first-order valence-corrected chi connectivity index (χ1v) is 9.45. The lowest BCUT2D eigenvalue weighted by Crippen LogP contribution is -2.33. The summed E-state index contributed by atoms with van der Waals surface area (Å²) in [5, 5.41) is 9.52. The summed E-state index contributed by atoms with van der Waals surface area (Å²) >= 11 is 0. The first-order chi connectivity index (χ1) is 15.0. The van der Waals surface area contributed by atoms with Crippen molar-refractivity contribution in [2.24, 2.45) is 0 Å². The Bertz CT molecular complexity index is 1080. The van der Waals surface area contributed by atoms with Gasteiger partial charge in [0.1, 0.15) is 11.8 Å². The maximum Gasteiger partial charge on any atom is 0.387 e. The zero-order valence-electron chi connectivity index (χ0n) is 16.4. The largest absolute Gasteiger partial charge is 0.494 e. The van der Waals surface area contributed by atoms with Crippen molar-refractivity contribution in [3.8, 4) is 22.6 Å². The molecule has 31 heavy (non-hydrogen) atoms. The van der Waals surface area contributed by atoms with E-state index in [1.807, 2.05) is 0 Å². The van der Waals surface area contributed by atoms with Gasteiger partial charge in [0.05, 0.1) is 13.3 Å². The fourth-order valence-corrected chi connectivity index (χ4v) is 3.53. The minimum Gasteiger partial charge on any atom is -0.494 e. The van der Waals surface area contributed by atoms with Gasteiger partial charge >= 0.3 is 6.61 Å².